The molecule has 0 N–H and O–H groups in total. The van der Waals surface area contributed by atoms with Gasteiger partial charge in [0.1, 0.15) is 5.75 Å². The van der Waals surface area contributed by atoms with Crippen LogP contribution in [0.2, 0.25) is 0 Å². The lowest BCUT2D eigenvalue weighted by Gasteiger charge is -2.23. The van der Waals surface area contributed by atoms with Crippen LogP contribution in [0.25, 0.3) is 0 Å². The van der Waals surface area contributed by atoms with Crippen LogP contribution in [-0.2, 0) is 11.8 Å². The van der Waals surface area contributed by atoms with Gasteiger partial charge in [-0.15, -0.1) is 0 Å². The van der Waals surface area contributed by atoms with Gasteiger partial charge < -0.3 is 4.74 Å². The van der Waals surface area contributed by atoms with Crippen LogP contribution in [0.3, 0.4) is 0 Å². The van der Waals surface area contributed by atoms with E-state index >= 15 is 0 Å². The Bertz CT molecular complexity index is 308. The summed E-state index contributed by atoms with van der Waals surface area (Å²) in [7, 11) is 1.74. The number of hydrogen-bond donors (Lipinski definition) is 0. The van der Waals surface area contributed by atoms with Crippen LogP contribution >= 0.6 is 0 Å². The molecule has 0 fully saturated rings. The summed E-state index contributed by atoms with van der Waals surface area (Å²) in [6.07, 6.45) is 1.02. The highest BCUT2D eigenvalue weighted by Crippen LogP contribution is 2.31. The van der Waals surface area contributed by atoms with E-state index in [4.69, 9.17) is 4.74 Å². The van der Waals surface area contributed by atoms with Gasteiger partial charge in [-0.05, 0) is 29.0 Å². The molecule has 0 saturated carbocycles. The molecule has 78 valence electrons. The molecular formula is C13H20O. The second-order valence-electron chi connectivity index (χ2n) is 4.59. The number of rotatable bonds is 2. The van der Waals surface area contributed by atoms with E-state index in [0.29, 0.717) is 0 Å². The Morgan fingerprint density at radius 3 is 2.29 bits per heavy atom. The van der Waals surface area contributed by atoms with E-state index < -0.39 is 0 Å². The van der Waals surface area contributed by atoms with E-state index in [0.717, 1.165) is 12.2 Å². The fraction of sp³-hybridized carbons (Fsp3) is 0.538. The molecule has 0 heterocycles. The molecule has 0 amide bonds. The summed E-state index contributed by atoms with van der Waals surface area (Å²) in [6, 6.07) is 6.30. The van der Waals surface area contributed by atoms with Crippen molar-refractivity contribution in [3.63, 3.8) is 0 Å². The molecular weight excluding hydrogens is 172 g/mol. The predicted molar refractivity (Wildman–Crippen MR) is 61.1 cm³/mol. The molecule has 0 bridgehead atoms. The second-order valence-corrected chi connectivity index (χ2v) is 4.59. The van der Waals surface area contributed by atoms with Gasteiger partial charge in [0.05, 0.1) is 7.11 Å². The lowest BCUT2D eigenvalue weighted by Crippen LogP contribution is -2.14. The third-order valence-corrected chi connectivity index (χ3v) is 2.51. The average molecular weight is 192 g/mol. The molecule has 1 rings (SSSR count). The minimum Gasteiger partial charge on any atom is -0.496 e. The molecule has 0 aliphatic heterocycles. The van der Waals surface area contributed by atoms with Crippen molar-refractivity contribution in [2.75, 3.05) is 7.11 Å². The van der Waals surface area contributed by atoms with Gasteiger partial charge in [-0.1, -0.05) is 39.8 Å². The topological polar surface area (TPSA) is 9.23 Å². The fourth-order valence-corrected chi connectivity index (χ4v) is 1.82. The van der Waals surface area contributed by atoms with Gasteiger partial charge >= 0.3 is 0 Å². The van der Waals surface area contributed by atoms with Crippen LogP contribution in [0.15, 0.2) is 18.2 Å². The van der Waals surface area contributed by atoms with Crippen molar-refractivity contribution in [2.45, 2.75) is 39.5 Å². The molecule has 0 spiro atoms. The SMILES string of the molecule is CCc1c(OC)cccc1C(C)(C)C. The van der Waals surface area contributed by atoms with Gasteiger partial charge in [-0.2, -0.15) is 0 Å². The normalized spacial score (nSPS) is 11.5. The molecule has 0 aromatic heterocycles. The highest BCUT2D eigenvalue weighted by atomic mass is 16.5. The standard InChI is InChI=1S/C13H20O/c1-6-10-11(13(2,3)4)8-7-9-12(10)14-5/h7-9H,6H2,1-5H3. The molecule has 0 unspecified atom stereocenters. The average Bonchev–Trinajstić information content (AvgIpc) is 2.15. The maximum atomic E-state index is 5.37. The number of hydrogen-bond acceptors (Lipinski definition) is 1. The smallest absolute Gasteiger partial charge is 0.122 e. The van der Waals surface area contributed by atoms with E-state index in [-0.39, 0.29) is 5.41 Å². The second kappa shape index (κ2) is 4.04. The molecule has 1 aromatic carbocycles. The monoisotopic (exact) mass is 192 g/mol. The van der Waals surface area contributed by atoms with Crippen molar-refractivity contribution in [3.05, 3.63) is 29.3 Å². The van der Waals surface area contributed by atoms with Gasteiger partial charge in [0, 0.05) is 0 Å². The Labute approximate surface area is 87.1 Å². The number of ether oxygens (including phenoxy) is 1. The van der Waals surface area contributed by atoms with Crippen LogP contribution in [0, 0.1) is 0 Å². The highest BCUT2D eigenvalue weighted by molar-refractivity contribution is 5.43. The first-order valence-electron chi connectivity index (χ1n) is 5.17. The van der Waals surface area contributed by atoms with E-state index in [9.17, 15) is 0 Å². The Balaban J connectivity index is 3.29. The van der Waals surface area contributed by atoms with Crippen molar-refractivity contribution in [1.29, 1.82) is 0 Å². The van der Waals surface area contributed by atoms with Gasteiger partial charge in [0.15, 0.2) is 0 Å². The van der Waals surface area contributed by atoms with Crippen molar-refractivity contribution < 1.29 is 4.74 Å². The van der Waals surface area contributed by atoms with Crippen molar-refractivity contribution in [3.8, 4) is 5.75 Å². The van der Waals surface area contributed by atoms with Crippen LogP contribution in [-0.4, -0.2) is 7.11 Å². The predicted octanol–water partition coefficient (Wildman–Crippen LogP) is 3.56. The van der Waals surface area contributed by atoms with Crippen molar-refractivity contribution in [2.24, 2.45) is 0 Å². The van der Waals surface area contributed by atoms with Gasteiger partial charge in [-0.3, -0.25) is 0 Å². The molecule has 0 saturated heterocycles. The summed E-state index contributed by atoms with van der Waals surface area (Å²) in [5.74, 6) is 1.01. The van der Waals surface area contributed by atoms with Crippen LogP contribution < -0.4 is 4.74 Å². The third kappa shape index (κ3) is 2.09. The van der Waals surface area contributed by atoms with Crippen molar-refractivity contribution in [1.82, 2.24) is 0 Å². The Hall–Kier alpha value is -0.980. The van der Waals surface area contributed by atoms with Crippen molar-refractivity contribution >= 4 is 0 Å². The lowest BCUT2D eigenvalue weighted by molar-refractivity contribution is 0.407. The van der Waals surface area contributed by atoms with Crippen LogP contribution in [0.1, 0.15) is 38.8 Å². The van der Waals surface area contributed by atoms with Gasteiger partial charge in [0.25, 0.3) is 0 Å². The first-order valence-corrected chi connectivity index (χ1v) is 5.17. The first kappa shape index (κ1) is 11.1. The Morgan fingerprint density at radius 2 is 1.86 bits per heavy atom. The maximum Gasteiger partial charge on any atom is 0.122 e. The van der Waals surface area contributed by atoms with E-state index in [2.05, 4.69) is 39.8 Å². The molecule has 1 heteroatoms. The molecule has 0 atom stereocenters. The number of methoxy groups -OCH3 is 1. The quantitative estimate of drug-likeness (QED) is 0.696. The molecule has 0 radical (unpaired) electrons. The van der Waals surface area contributed by atoms with Gasteiger partial charge in [-0.25, -0.2) is 0 Å². The summed E-state index contributed by atoms with van der Waals surface area (Å²) in [6.45, 7) is 8.88. The molecule has 1 aromatic rings. The maximum absolute atomic E-state index is 5.37. The third-order valence-electron chi connectivity index (χ3n) is 2.51. The summed E-state index contributed by atoms with van der Waals surface area (Å²) in [4.78, 5) is 0. The molecule has 1 nitrogen and oxygen atoms in total. The summed E-state index contributed by atoms with van der Waals surface area (Å²) < 4.78 is 5.37. The minimum atomic E-state index is 0.194. The summed E-state index contributed by atoms with van der Waals surface area (Å²) in [5.41, 5.74) is 2.92. The zero-order chi connectivity index (χ0) is 10.8. The zero-order valence-corrected chi connectivity index (χ0v) is 9.85. The number of benzene rings is 1. The molecule has 0 aliphatic rings. The van der Waals surface area contributed by atoms with E-state index in [1.54, 1.807) is 7.11 Å². The lowest BCUT2D eigenvalue weighted by atomic mass is 9.83. The summed E-state index contributed by atoms with van der Waals surface area (Å²) in [5, 5.41) is 0. The van der Waals surface area contributed by atoms with Crippen LogP contribution in [0.5, 0.6) is 5.75 Å². The molecule has 0 aliphatic carbocycles. The minimum absolute atomic E-state index is 0.194. The zero-order valence-electron chi connectivity index (χ0n) is 9.85. The Morgan fingerprint density at radius 1 is 1.21 bits per heavy atom. The fourth-order valence-electron chi connectivity index (χ4n) is 1.82. The van der Waals surface area contributed by atoms with E-state index in [1.165, 1.54) is 11.1 Å². The largest absolute Gasteiger partial charge is 0.496 e. The van der Waals surface area contributed by atoms with Gasteiger partial charge in [0.2, 0.25) is 0 Å². The first-order chi connectivity index (χ1) is 6.50. The molecule has 14 heavy (non-hydrogen) atoms. The highest BCUT2D eigenvalue weighted by Gasteiger charge is 2.18. The summed E-state index contributed by atoms with van der Waals surface area (Å²) >= 11 is 0. The van der Waals surface area contributed by atoms with E-state index in [1.807, 2.05) is 6.07 Å². The Kier molecular flexibility index (Phi) is 3.20. The van der Waals surface area contributed by atoms with Crippen LogP contribution in [0.4, 0.5) is 0 Å².